The Morgan fingerprint density at radius 2 is 1.85 bits per heavy atom. The van der Waals surface area contributed by atoms with Gasteiger partial charge < -0.3 is 4.90 Å². The maximum absolute atomic E-state index is 11.6. The third-order valence-corrected chi connectivity index (χ3v) is 3.32. The summed E-state index contributed by atoms with van der Waals surface area (Å²) in [6.07, 6.45) is 3.71. The van der Waals surface area contributed by atoms with E-state index in [1.54, 1.807) is 11.1 Å². The van der Waals surface area contributed by atoms with Crippen molar-refractivity contribution in [3.63, 3.8) is 0 Å². The highest BCUT2D eigenvalue weighted by Gasteiger charge is 2.27. The quantitative estimate of drug-likeness (QED) is 0.784. The first kappa shape index (κ1) is 12.6. The maximum Gasteiger partial charge on any atom is 0.230 e. The Kier molecular flexibility index (Phi) is 3.33. The largest absolute Gasteiger partial charge is 0.331 e. The number of amides is 1. The smallest absolute Gasteiger partial charge is 0.230 e. The number of carbonyl (C=O) groups excluding carboxylic acids is 2. The molecule has 1 amide bonds. The Morgan fingerprint density at radius 3 is 2.55 bits per heavy atom. The van der Waals surface area contributed by atoms with Crippen LogP contribution in [0.3, 0.4) is 0 Å². The van der Waals surface area contributed by atoms with E-state index < -0.39 is 0 Å². The Balaban J connectivity index is 1.65. The van der Waals surface area contributed by atoms with Crippen LogP contribution in [0.15, 0.2) is 42.7 Å². The summed E-state index contributed by atoms with van der Waals surface area (Å²) in [4.78, 5) is 24.4. The Bertz CT molecular complexity index is 634. The second kappa shape index (κ2) is 5.28. The Labute approximate surface area is 116 Å². The molecule has 0 atom stereocenters. The van der Waals surface area contributed by atoms with E-state index in [4.69, 9.17) is 0 Å². The monoisotopic (exact) mass is 269 g/mol. The van der Waals surface area contributed by atoms with Gasteiger partial charge in [0.25, 0.3) is 0 Å². The number of ketones is 1. The van der Waals surface area contributed by atoms with Gasteiger partial charge in [0, 0.05) is 18.3 Å². The zero-order chi connectivity index (χ0) is 13.9. The predicted octanol–water partition coefficient (Wildman–Crippen LogP) is 1.23. The fourth-order valence-electron chi connectivity index (χ4n) is 2.35. The number of rotatable bonds is 4. The van der Waals surface area contributed by atoms with E-state index in [2.05, 4.69) is 5.10 Å². The van der Waals surface area contributed by atoms with Gasteiger partial charge in [-0.25, -0.2) is 0 Å². The van der Waals surface area contributed by atoms with Crippen LogP contribution in [0.2, 0.25) is 0 Å². The number of nitrogens with zero attached hydrogens (tertiary/aromatic N) is 3. The molecular formula is C15H15N3O2. The Hall–Kier alpha value is -2.43. The lowest BCUT2D eigenvalue weighted by molar-refractivity contribution is -0.128. The highest BCUT2D eigenvalue weighted by Crippen LogP contribution is 2.12. The lowest BCUT2D eigenvalue weighted by atomic mass is 10.2. The summed E-state index contributed by atoms with van der Waals surface area (Å²) in [5, 5.41) is 4.29. The summed E-state index contributed by atoms with van der Waals surface area (Å²) in [7, 11) is 0. The van der Waals surface area contributed by atoms with E-state index in [9.17, 15) is 9.59 Å². The van der Waals surface area contributed by atoms with Crippen molar-refractivity contribution < 1.29 is 9.59 Å². The summed E-state index contributed by atoms with van der Waals surface area (Å²) in [6, 6.07) is 10.1. The molecule has 1 saturated heterocycles. The van der Waals surface area contributed by atoms with Crippen LogP contribution >= 0.6 is 0 Å². The molecule has 1 aliphatic rings. The van der Waals surface area contributed by atoms with Gasteiger partial charge in [-0.15, -0.1) is 0 Å². The predicted molar refractivity (Wildman–Crippen MR) is 72.8 cm³/mol. The average Bonchev–Trinajstić information content (AvgIpc) is 2.98. The lowest BCUT2D eigenvalue weighted by Crippen LogP contribution is -2.24. The fourth-order valence-corrected chi connectivity index (χ4v) is 2.35. The molecule has 5 nitrogen and oxygen atoms in total. The molecule has 1 aromatic carbocycles. The van der Waals surface area contributed by atoms with Crippen LogP contribution in [0.4, 0.5) is 0 Å². The minimum Gasteiger partial charge on any atom is -0.331 e. The summed E-state index contributed by atoms with van der Waals surface area (Å²) >= 11 is 0. The second-order valence-corrected chi connectivity index (χ2v) is 5.00. The molecule has 3 rings (SSSR count). The van der Waals surface area contributed by atoms with E-state index in [1.807, 2.05) is 41.2 Å². The number of hydrogen-bond donors (Lipinski definition) is 0. The van der Waals surface area contributed by atoms with Crippen LogP contribution in [0.5, 0.6) is 0 Å². The molecule has 0 bridgehead atoms. The van der Waals surface area contributed by atoms with E-state index >= 15 is 0 Å². The van der Waals surface area contributed by atoms with Crippen LogP contribution in [0.1, 0.15) is 17.5 Å². The van der Waals surface area contributed by atoms with E-state index in [-0.39, 0.29) is 24.7 Å². The van der Waals surface area contributed by atoms with E-state index in [0.29, 0.717) is 13.1 Å². The Morgan fingerprint density at radius 1 is 1.05 bits per heavy atom. The molecule has 0 saturated carbocycles. The normalized spacial score (nSPS) is 15.1. The first-order valence-electron chi connectivity index (χ1n) is 6.55. The zero-order valence-electron chi connectivity index (χ0n) is 11.0. The molecule has 2 aromatic rings. The van der Waals surface area contributed by atoms with Gasteiger partial charge in [-0.1, -0.05) is 30.3 Å². The summed E-state index contributed by atoms with van der Waals surface area (Å²) in [5.41, 5.74) is 2.12. The average molecular weight is 269 g/mol. The molecule has 1 aromatic heterocycles. The number of benzene rings is 1. The van der Waals surface area contributed by atoms with Gasteiger partial charge in [0.1, 0.15) is 0 Å². The van der Waals surface area contributed by atoms with Crippen LogP contribution in [0, 0.1) is 0 Å². The highest BCUT2D eigenvalue weighted by atomic mass is 16.2. The van der Waals surface area contributed by atoms with Gasteiger partial charge in [0.05, 0.1) is 25.7 Å². The van der Waals surface area contributed by atoms with Gasteiger partial charge in [-0.05, 0) is 5.56 Å². The number of likely N-dealkylation sites (tertiary alicyclic amines) is 1. The molecule has 2 heterocycles. The molecular weight excluding hydrogens is 254 g/mol. The minimum atomic E-state index is -0.0918. The van der Waals surface area contributed by atoms with Crippen molar-refractivity contribution in [1.82, 2.24) is 14.7 Å². The molecule has 1 aliphatic heterocycles. The van der Waals surface area contributed by atoms with Crippen molar-refractivity contribution in [3.05, 3.63) is 53.9 Å². The van der Waals surface area contributed by atoms with Crippen molar-refractivity contribution in [2.24, 2.45) is 0 Å². The van der Waals surface area contributed by atoms with E-state index in [0.717, 1.165) is 5.56 Å². The second-order valence-electron chi connectivity index (χ2n) is 5.00. The summed E-state index contributed by atoms with van der Waals surface area (Å²) in [5.74, 6) is -0.0995. The summed E-state index contributed by atoms with van der Waals surface area (Å²) < 4.78 is 1.84. The number of aromatic nitrogens is 2. The van der Waals surface area contributed by atoms with Crippen molar-refractivity contribution in [3.8, 4) is 0 Å². The van der Waals surface area contributed by atoms with Crippen molar-refractivity contribution in [2.75, 3.05) is 6.54 Å². The van der Waals surface area contributed by atoms with Gasteiger partial charge >= 0.3 is 0 Å². The van der Waals surface area contributed by atoms with Gasteiger partial charge in [-0.3, -0.25) is 14.3 Å². The first-order chi connectivity index (χ1) is 9.70. The molecule has 0 N–H and O–H groups in total. The third kappa shape index (κ3) is 2.77. The maximum atomic E-state index is 11.6. The summed E-state index contributed by atoms with van der Waals surface area (Å²) in [6.45, 7) is 1.38. The molecule has 5 heteroatoms. The van der Waals surface area contributed by atoms with Gasteiger partial charge in [0.15, 0.2) is 5.78 Å². The van der Waals surface area contributed by atoms with Crippen LogP contribution in [-0.2, 0) is 22.7 Å². The minimum absolute atomic E-state index is 0.00771. The number of hydrogen-bond acceptors (Lipinski definition) is 3. The van der Waals surface area contributed by atoms with Crippen molar-refractivity contribution >= 4 is 11.7 Å². The highest BCUT2D eigenvalue weighted by molar-refractivity contribution is 6.05. The first-order valence-corrected chi connectivity index (χ1v) is 6.55. The van der Waals surface area contributed by atoms with Gasteiger partial charge in [0.2, 0.25) is 5.91 Å². The van der Waals surface area contributed by atoms with Crippen LogP contribution in [0.25, 0.3) is 0 Å². The molecule has 0 radical (unpaired) electrons. The number of carbonyl (C=O) groups is 2. The van der Waals surface area contributed by atoms with Crippen LogP contribution in [-0.4, -0.2) is 32.9 Å². The molecule has 0 aliphatic carbocycles. The fraction of sp³-hybridized carbons (Fsp3) is 0.267. The van der Waals surface area contributed by atoms with Crippen molar-refractivity contribution in [2.45, 2.75) is 19.5 Å². The molecule has 20 heavy (non-hydrogen) atoms. The SMILES string of the molecule is O=C1CC(=O)N(Cc2cnn(Cc3ccccc3)c2)C1. The molecule has 0 unspecified atom stereocenters. The van der Waals surface area contributed by atoms with E-state index in [1.165, 1.54) is 5.56 Å². The molecule has 0 spiro atoms. The van der Waals surface area contributed by atoms with Crippen LogP contribution < -0.4 is 0 Å². The van der Waals surface area contributed by atoms with Gasteiger partial charge in [-0.2, -0.15) is 5.10 Å². The zero-order valence-corrected chi connectivity index (χ0v) is 11.0. The topological polar surface area (TPSA) is 55.2 Å². The molecule has 102 valence electrons. The third-order valence-electron chi connectivity index (χ3n) is 3.32. The van der Waals surface area contributed by atoms with Crippen molar-refractivity contribution in [1.29, 1.82) is 0 Å². The number of Topliss-reactive ketones (excluding diaryl/α,β-unsaturated/α-hetero) is 1. The lowest BCUT2D eigenvalue weighted by Gasteiger charge is -2.12. The molecule has 1 fully saturated rings. The standard InChI is InChI=1S/C15H15N3O2/c19-14-6-15(20)17(11-14)8-13-7-16-18(10-13)9-12-4-2-1-3-5-12/h1-5,7,10H,6,8-9,11H2.